The van der Waals surface area contributed by atoms with Crippen molar-refractivity contribution in [1.82, 2.24) is 19.9 Å². The number of aliphatic imine (C=N–C) groups is 1. The Hall–Kier alpha value is -3.86. The third kappa shape index (κ3) is 4.53. The second-order valence-electron chi connectivity index (χ2n) is 8.08. The van der Waals surface area contributed by atoms with E-state index in [9.17, 15) is 0 Å². The molecule has 5 rings (SSSR count). The van der Waals surface area contributed by atoms with Crippen LogP contribution in [-0.4, -0.2) is 37.9 Å². The molecule has 168 valence electrons. The number of aromatic nitrogens is 4. The van der Waals surface area contributed by atoms with E-state index >= 15 is 0 Å². The topological polar surface area (TPSA) is 117 Å². The molecule has 0 unspecified atom stereocenters. The van der Waals surface area contributed by atoms with Crippen LogP contribution >= 0.6 is 0 Å². The average Bonchev–Trinajstić information content (AvgIpc) is 3.38. The molecular formula is C25H28N8. The summed E-state index contributed by atoms with van der Waals surface area (Å²) in [6.07, 6.45) is 10.8. The van der Waals surface area contributed by atoms with Crippen molar-refractivity contribution in [3.8, 4) is 28.7 Å². The molecule has 2 aliphatic rings. The van der Waals surface area contributed by atoms with Gasteiger partial charge >= 0.3 is 0 Å². The van der Waals surface area contributed by atoms with Gasteiger partial charge in [0.1, 0.15) is 17.9 Å². The average molecular weight is 441 g/mol. The number of benzene rings is 1. The highest BCUT2D eigenvalue weighted by atomic mass is 15.3. The lowest BCUT2D eigenvalue weighted by molar-refractivity contribution is 0.551. The van der Waals surface area contributed by atoms with Gasteiger partial charge in [-0.1, -0.05) is 50.1 Å². The number of nitrogens with two attached hydrogens (primary N) is 1. The van der Waals surface area contributed by atoms with Crippen molar-refractivity contribution in [2.75, 3.05) is 4.90 Å². The normalized spacial score (nSPS) is 17.4. The van der Waals surface area contributed by atoms with Gasteiger partial charge in [0.2, 0.25) is 0 Å². The molecule has 8 heteroatoms. The molecular weight excluding hydrogens is 412 g/mol. The van der Waals surface area contributed by atoms with E-state index in [4.69, 9.17) is 16.0 Å². The molecule has 0 spiro atoms. The quantitative estimate of drug-likeness (QED) is 0.627. The lowest BCUT2D eigenvalue weighted by Gasteiger charge is -2.39. The minimum absolute atomic E-state index is 0.0731. The van der Waals surface area contributed by atoms with Gasteiger partial charge in [0, 0.05) is 24.7 Å². The van der Waals surface area contributed by atoms with Crippen molar-refractivity contribution in [2.24, 2.45) is 10.7 Å². The third-order valence-corrected chi connectivity index (χ3v) is 6.03. The fourth-order valence-electron chi connectivity index (χ4n) is 4.60. The van der Waals surface area contributed by atoms with Gasteiger partial charge in [0.15, 0.2) is 11.6 Å². The summed E-state index contributed by atoms with van der Waals surface area (Å²) in [7, 11) is 0. The van der Waals surface area contributed by atoms with E-state index in [1.807, 2.05) is 30.3 Å². The first-order chi connectivity index (χ1) is 16.2. The summed E-state index contributed by atoms with van der Waals surface area (Å²) in [5, 5.41) is 7.32. The Kier molecular flexibility index (Phi) is 6.89. The molecule has 3 heterocycles. The van der Waals surface area contributed by atoms with E-state index < -0.39 is 0 Å². The van der Waals surface area contributed by atoms with Crippen molar-refractivity contribution in [2.45, 2.75) is 58.0 Å². The van der Waals surface area contributed by atoms with E-state index in [0.29, 0.717) is 17.7 Å². The van der Waals surface area contributed by atoms with Crippen LogP contribution in [0.15, 0.2) is 54.0 Å². The number of fused-ring (bicyclic) bond motifs is 1. The van der Waals surface area contributed by atoms with Crippen molar-refractivity contribution >= 4 is 17.3 Å². The number of rotatable bonds is 4. The zero-order chi connectivity index (χ0) is 23.2. The van der Waals surface area contributed by atoms with Crippen LogP contribution in [-0.2, 0) is 0 Å². The Morgan fingerprint density at radius 3 is 2.55 bits per heavy atom. The SMILES string of the molecule is CC#N.CC[C@@H]1C(N)=Nc2cnc(-c3cncnc3-c3ccccc3)nc2N1C1CCCC1. The van der Waals surface area contributed by atoms with Crippen LogP contribution in [0.5, 0.6) is 0 Å². The zero-order valence-corrected chi connectivity index (χ0v) is 19.0. The Labute approximate surface area is 194 Å². The third-order valence-electron chi connectivity index (χ3n) is 6.03. The maximum Gasteiger partial charge on any atom is 0.165 e. The standard InChI is InChI=1S/C23H25N7.C2H3N/c1-2-19-21(24)28-18-13-26-22(29-23(18)30(19)16-10-6-7-11-16)17-12-25-14-27-20(17)15-8-4-3-5-9-15;1-2-3/h3-5,8-9,12-14,16,19H,2,6-7,10-11H2,1H3,(H2,24,28);1H3/t19-;/m1./s1. The minimum Gasteiger partial charge on any atom is -0.385 e. The van der Waals surface area contributed by atoms with Crippen LogP contribution in [0.1, 0.15) is 46.0 Å². The summed E-state index contributed by atoms with van der Waals surface area (Å²) in [5.74, 6) is 2.14. The first-order valence-corrected chi connectivity index (χ1v) is 11.3. The Bertz CT molecular complexity index is 1160. The van der Waals surface area contributed by atoms with Crippen molar-refractivity contribution in [1.29, 1.82) is 5.26 Å². The number of amidine groups is 1. The molecule has 1 fully saturated rings. The molecule has 0 amide bonds. The second-order valence-corrected chi connectivity index (χ2v) is 8.08. The first-order valence-electron chi connectivity index (χ1n) is 11.3. The molecule has 8 nitrogen and oxygen atoms in total. The largest absolute Gasteiger partial charge is 0.385 e. The summed E-state index contributed by atoms with van der Waals surface area (Å²) in [4.78, 5) is 25.4. The number of hydrogen-bond acceptors (Lipinski definition) is 8. The molecule has 2 aromatic heterocycles. The van der Waals surface area contributed by atoms with Crippen molar-refractivity contribution in [3.63, 3.8) is 0 Å². The molecule has 1 atom stereocenters. The smallest absolute Gasteiger partial charge is 0.165 e. The highest BCUT2D eigenvalue weighted by molar-refractivity contribution is 5.95. The molecule has 1 saturated carbocycles. The monoisotopic (exact) mass is 440 g/mol. The van der Waals surface area contributed by atoms with Gasteiger partial charge < -0.3 is 10.6 Å². The Balaban J connectivity index is 0.000000821. The van der Waals surface area contributed by atoms with E-state index in [-0.39, 0.29) is 6.04 Å². The van der Waals surface area contributed by atoms with E-state index in [1.54, 1.807) is 24.8 Å². The maximum absolute atomic E-state index is 7.32. The first kappa shape index (κ1) is 22.3. The van der Waals surface area contributed by atoms with E-state index in [0.717, 1.165) is 47.6 Å². The Morgan fingerprint density at radius 2 is 1.85 bits per heavy atom. The van der Waals surface area contributed by atoms with Crippen molar-refractivity contribution in [3.05, 3.63) is 49.1 Å². The van der Waals surface area contributed by atoms with Gasteiger partial charge in [-0.25, -0.2) is 24.9 Å². The van der Waals surface area contributed by atoms with Gasteiger partial charge in [-0.15, -0.1) is 0 Å². The Morgan fingerprint density at radius 1 is 1.12 bits per heavy atom. The predicted octanol–water partition coefficient (Wildman–Crippen LogP) is 4.66. The molecule has 0 saturated heterocycles. The number of anilines is 1. The van der Waals surface area contributed by atoms with Gasteiger partial charge in [-0.3, -0.25) is 0 Å². The summed E-state index contributed by atoms with van der Waals surface area (Å²) in [6, 6.07) is 12.3. The summed E-state index contributed by atoms with van der Waals surface area (Å²) < 4.78 is 0. The minimum atomic E-state index is 0.0731. The van der Waals surface area contributed by atoms with Crippen LogP contribution in [0.3, 0.4) is 0 Å². The van der Waals surface area contributed by atoms with Gasteiger partial charge in [0.05, 0.1) is 29.6 Å². The fourth-order valence-corrected chi connectivity index (χ4v) is 4.60. The van der Waals surface area contributed by atoms with Gasteiger partial charge in [-0.2, -0.15) is 5.26 Å². The lowest BCUT2D eigenvalue weighted by atomic mass is 10.0. The fraction of sp³-hybridized carbons (Fsp3) is 0.360. The zero-order valence-electron chi connectivity index (χ0n) is 19.0. The highest BCUT2D eigenvalue weighted by Crippen LogP contribution is 2.39. The molecule has 1 aliphatic carbocycles. The highest BCUT2D eigenvalue weighted by Gasteiger charge is 2.35. The van der Waals surface area contributed by atoms with Crippen LogP contribution in [0, 0.1) is 11.3 Å². The summed E-state index contributed by atoms with van der Waals surface area (Å²) in [5.41, 5.74) is 9.73. The maximum atomic E-state index is 7.32. The van der Waals surface area contributed by atoms with Crippen LogP contribution in [0.4, 0.5) is 11.5 Å². The number of hydrogen-bond donors (Lipinski definition) is 1. The lowest BCUT2D eigenvalue weighted by Crippen LogP contribution is -2.51. The molecule has 1 aromatic carbocycles. The molecule has 1 aliphatic heterocycles. The molecule has 33 heavy (non-hydrogen) atoms. The molecule has 2 N–H and O–H groups in total. The predicted molar refractivity (Wildman–Crippen MR) is 130 cm³/mol. The van der Waals surface area contributed by atoms with Crippen LogP contribution in [0.2, 0.25) is 0 Å². The van der Waals surface area contributed by atoms with Gasteiger partial charge in [-0.05, 0) is 19.3 Å². The van der Waals surface area contributed by atoms with Crippen LogP contribution in [0.25, 0.3) is 22.6 Å². The van der Waals surface area contributed by atoms with E-state index in [2.05, 4.69) is 31.8 Å². The number of nitriles is 1. The van der Waals surface area contributed by atoms with Crippen LogP contribution < -0.4 is 10.6 Å². The number of nitrogens with zero attached hydrogens (tertiary/aromatic N) is 7. The second kappa shape index (κ2) is 10.2. The summed E-state index contributed by atoms with van der Waals surface area (Å²) >= 11 is 0. The molecule has 0 bridgehead atoms. The molecule has 0 radical (unpaired) electrons. The van der Waals surface area contributed by atoms with Crippen molar-refractivity contribution < 1.29 is 0 Å². The van der Waals surface area contributed by atoms with E-state index in [1.165, 1.54) is 19.8 Å². The summed E-state index contributed by atoms with van der Waals surface area (Å²) in [6.45, 7) is 3.58. The van der Waals surface area contributed by atoms with Gasteiger partial charge in [0.25, 0.3) is 0 Å². The molecule has 3 aromatic rings.